The summed E-state index contributed by atoms with van der Waals surface area (Å²) in [7, 11) is 0. The summed E-state index contributed by atoms with van der Waals surface area (Å²) in [5.74, 6) is 0. The van der Waals surface area contributed by atoms with Crippen molar-refractivity contribution in [2.24, 2.45) is 0 Å². The number of aliphatic hydroxyl groups is 1. The van der Waals surface area contributed by atoms with E-state index in [0.717, 1.165) is 8.95 Å². The third-order valence-electron chi connectivity index (χ3n) is 2.61. The van der Waals surface area contributed by atoms with Crippen molar-refractivity contribution in [2.45, 2.75) is 6.61 Å². The van der Waals surface area contributed by atoms with Crippen molar-refractivity contribution in [1.82, 2.24) is 0 Å². The van der Waals surface area contributed by atoms with Crippen LogP contribution in [0.25, 0.3) is 0 Å². The van der Waals surface area contributed by atoms with Gasteiger partial charge in [-0.3, -0.25) is 0 Å². The van der Waals surface area contributed by atoms with E-state index in [-0.39, 0.29) is 6.61 Å². The van der Waals surface area contributed by atoms with Crippen LogP contribution in [-0.2, 0) is 6.61 Å². The van der Waals surface area contributed by atoms with Gasteiger partial charge in [0.25, 0.3) is 0 Å². The van der Waals surface area contributed by atoms with Gasteiger partial charge in [-0.1, -0.05) is 49.5 Å². The van der Waals surface area contributed by atoms with Gasteiger partial charge in [0.1, 0.15) is 0 Å². The number of hydrogen-bond acceptors (Lipinski definition) is 2. The Kier molecular flexibility index (Phi) is 5.64. The Morgan fingerprint density at radius 1 is 1.10 bits per heavy atom. The molecule has 7 heteroatoms. The molecule has 2 rings (SSSR count). The molecule has 0 aromatic heterocycles. The number of nitrogens with one attached hydrogen (secondary N) is 2. The second kappa shape index (κ2) is 7.26. The molecule has 0 aliphatic rings. The SMILES string of the molecule is O=C(Nc1cc(Cl)cc(Br)c1)Nc1cc(Br)ccc1CO. The smallest absolute Gasteiger partial charge is 0.323 e. The lowest BCUT2D eigenvalue weighted by atomic mass is 10.2. The topological polar surface area (TPSA) is 61.4 Å². The molecule has 0 fully saturated rings. The van der Waals surface area contributed by atoms with Crippen molar-refractivity contribution in [3.05, 3.63) is 55.9 Å². The van der Waals surface area contributed by atoms with Crippen LogP contribution in [0.3, 0.4) is 0 Å². The zero-order chi connectivity index (χ0) is 15.4. The minimum absolute atomic E-state index is 0.161. The van der Waals surface area contributed by atoms with Crippen molar-refractivity contribution in [1.29, 1.82) is 0 Å². The highest BCUT2D eigenvalue weighted by Crippen LogP contribution is 2.24. The molecule has 0 radical (unpaired) electrons. The number of rotatable bonds is 3. The molecule has 0 aliphatic heterocycles. The van der Waals surface area contributed by atoms with Gasteiger partial charge in [0.2, 0.25) is 0 Å². The molecule has 4 nitrogen and oxygen atoms in total. The third-order valence-corrected chi connectivity index (χ3v) is 3.78. The minimum atomic E-state index is -0.419. The molecule has 0 bridgehead atoms. The van der Waals surface area contributed by atoms with E-state index in [4.69, 9.17) is 11.6 Å². The van der Waals surface area contributed by atoms with Crippen LogP contribution in [0.4, 0.5) is 16.2 Å². The summed E-state index contributed by atoms with van der Waals surface area (Å²) in [6, 6.07) is 9.93. The van der Waals surface area contributed by atoms with Crippen LogP contribution < -0.4 is 10.6 Å². The first-order chi connectivity index (χ1) is 9.97. The lowest BCUT2D eigenvalue weighted by Gasteiger charge is -2.11. The number of aliphatic hydroxyl groups excluding tert-OH is 1. The molecule has 110 valence electrons. The summed E-state index contributed by atoms with van der Waals surface area (Å²) < 4.78 is 1.57. The highest BCUT2D eigenvalue weighted by molar-refractivity contribution is 9.10. The van der Waals surface area contributed by atoms with Crippen molar-refractivity contribution < 1.29 is 9.90 Å². The largest absolute Gasteiger partial charge is 0.392 e. The molecular formula is C14H11Br2ClN2O2. The summed E-state index contributed by atoms with van der Waals surface area (Å²) in [6.45, 7) is -0.161. The average Bonchev–Trinajstić information content (AvgIpc) is 2.37. The zero-order valence-electron chi connectivity index (χ0n) is 10.7. The van der Waals surface area contributed by atoms with Gasteiger partial charge in [-0.05, 0) is 30.3 Å². The maximum Gasteiger partial charge on any atom is 0.323 e. The maximum atomic E-state index is 12.0. The lowest BCUT2D eigenvalue weighted by Crippen LogP contribution is -2.20. The number of hydrogen-bond donors (Lipinski definition) is 3. The second-order valence-electron chi connectivity index (χ2n) is 4.20. The van der Waals surface area contributed by atoms with E-state index in [1.807, 2.05) is 0 Å². The quantitative estimate of drug-likeness (QED) is 0.637. The summed E-state index contributed by atoms with van der Waals surface area (Å²) in [6.07, 6.45) is 0. The van der Waals surface area contributed by atoms with Gasteiger partial charge in [-0.2, -0.15) is 0 Å². The highest BCUT2D eigenvalue weighted by atomic mass is 79.9. The molecule has 0 spiro atoms. The lowest BCUT2D eigenvalue weighted by molar-refractivity contribution is 0.262. The Morgan fingerprint density at radius 2 is 1.86 bits per heavy atom. The van der Waals surface area contributed by atoms with E-state index < -0.39 is 6.03 Å². The number of benzene rings is 2. The maximum absolute atomic E-state index is 12.0. The van der Waals surface area contributed by atoms with Gasteiger partial charge in [-0.25, -0.2) is 4.79 Å². The van der Waals surface area contributed by atoms with E-state index in [2.05, 4.69) is 42.5 Å². The molecule has 0 heterocycles. The van der Waals surface area contributed by atoms with E-state index in [9.17, 15) is 9.90 Å². The molecule has 2 aromatic carbocycles. The fourth-order valence-corrected chi connectivity index (χ4v) is 2.93. The number of carbonyl (C=O) groups excluding carboxylic acids is 1. The molecule has 2 amide bonds. The number of halogens is 3. The number of amides is 2. The zero-order valence-corrected chi connectivity index (χ0v) is 14.6. The first kappa shape index (κ1) is 16.3. The molecule has 3 N–H and O–H groups in total. The van der Waals surface area contributed by atoms with Crippen molar-refractivity contribution in [3.8, 4) is 0 Å². The molecule has 21 heavy (non-hydrogen) atoms. The highest BCUT2D eigenvalue weighted by Gasteiger charge is 2.08. The summed E-state index contributed by atoms with van der Waals surface area (Å²) in [4.78, 5) is 12.0. The van der Waals surface area contributed by atoms with Crippen LogP contribution in [0, 0.1) is 0 Å². The molecule has 0 aliphatic carbocycles. The fourth-order valence-electron chi connectivity index (χ4n) is 1.71. The first-order valence-corrected chi connectivity index (χ1v) is 7.87. The summed E-state index contributed by atoms with van der Waals surface area (Å²) in [5.41, 5.74) is 1.72. The van der Waals surface area contributed by atoms with Gasteiger partial charge in [0.05, 0.1) is 6.61 Å². The Bertz CT molecular complexity index is 660. The normalized spacial score (nSPS) is 10.3. The van der Waals surface area contributed by atoms with Gasteiger partial charge in [-0.15, -0.1) is 0 Å². The van der Waals surface area contributed by atoms with E-state index in [1.165, 1.54) is 0 Å². The summed E-state index contributed by atoms with van der Waals surface area (Å²) >= 11 is 12.6. The standard InChI is InChI=1S/C14H11Br2ClN2O2/c15-9-2-1-8(7-20)13(5-9)19-14(21)18-12-4-10(16)3-11(17)6-12/h1-6,20H,7H2,(H2,18,19,21). The Hall–Kier alpha value is -1.08. The number of urea groups is 1. The van der Waals surface area contributed by atoms with Gasteiger partial charge < -0.3 is 15.7 Å². The van der Waals surface area contributed by atoms with Crippen molar-refractivity contribution in [2.75, 3.05) is 10.6 Å². The number of carbonyl (C=O) groups is 1. The molecule has 0 atom stereocenters. The Morgan fingerprint density at radius 3 is 2.52 bits per heavy atom. The van der Waals surface area contributed by atoms with Gasteiger partial charge in [0.15, 0.2) is 0 Å². The minimum Gasteiger partial charge on any atom is -0.392 e. The fraction of sp³-hybridized carbons (Fsp3) is 0.0714. The average molecular weight is 435 g/mol. The predicted molar refractivity (Wildman–Crippen MR) is 91.9 cm³/mol. The number of anilines is 2. The summed E-state index contributed by atoms with van der Waals surface area (Å²) in [5, 5.41) is 15.2. The van der Waals surface area contributed by atoms with Gasteiger partial charge >= 0.3 is 6.03 Å². The van der Waals surface area contributed by atoms with Crippen LogP contribution in [0.5, 0.6) is 0 Å². The van der Waals surface area contributed by atoms with Crippen LogP contribution in [0.2, 0.25) is 5.02 Å². The third kappa shape index (κ3) is 4.71. The van der Waals surface area contributed by atoms with E-state index >= 15 is 0 Å². The predicted octanol–water partition coefficient (Wildman–Crippen LogP) is 5.00. The van der Waals surface area contributed by atoms with Crippen molar-refractivity contribution in [3.63, 3.8) is 0 Å². The van der Waals surface area contributed by atoms with E-state index in [0.29, 0.717) is 22.0 Å². The van der Waals surface area contributed by atoms with Crippen LogP contribution in [0.15, 0.2) is 45.3 Å². The van der Waals surface area contributed by atoms with Crippen LogP contribution in [0.1, 0.15) is 5.56 Å². The molecule has 2 aromatic rings. The molecule has 0 saturated heterocycles. The van der Waals surface area contributed by atoms with E-state index in [1.54, 1.807) is 36.4 Å². The second-order valence-corrected chi connectivity index (χ2v) is 6.46. The Balaban J connectivity index is 2.13. The molecular weight excluding hydrogens is 423 g/mol. The first-order valence-electron chi connectivity index (χ1n) is 5.91. The Labute approximate surface area is 143 Å². The van der Waals surface area contributed by atoms with Gasteiger partial charge in [0, 0.05) is 30.9 Å². The van der Waals surface area contributed by atoms with Crippen LogP contribution in [-0.4, -0.2) is 11.1 Å². The van der Waals surface area contributed by atoms with Crippen molar-refractivity contribution >= 4 is 60.9 Å². The monoisotopic (exact) mass is 432 g/mol. The van der Waals surface area contributed by atoms with Crippen LogP contribution >= 0.6 is 43.5 Å². The molecule has 0 unspecified atom stereocenters. The molecule has 0 saturated carbocycles.